The summed E-state index contributed by atoms with van der Waals surface area (Å²) in [6.07, 6.45) is 5.24. The van der Waals surface area contributed by atoms with Crippen LogP contribution in [0.25, 0.3) is 12.2 Å². The molecule has 0 aromatic carbocycles. The topological polar surface area (TPSA) is 255 Å². The van der Waals surface area contributed by atoms with E-state index in [-0.39, 0.29) is 73.6 Å². The lowest BCUT2D eigenvalue weighted by atomic mass is 9.73. The Hall–Kier alpha value is -3.64. The number of thioether (sulfide) groups is 1. The van der Waals surface area contributed by atoms with Gasteiger partial charge in [0.1, 0.15) is 37.0 Å². The van der Waals surface area contributed by atoms with E-state index in [1.807, 2.05) is 70.7 Å². The fraction of sp³-hybridized carbons (Fsp3) is 0.750. The first-order chi connectivity index (χ1) is 38.1. The van der Waals surface area contributed by atoms with Gasteiger partial charge in [-0.25, -0.2) is 14.8 Å². The Morgan fingerprint density at radius 3 is 1.47 bits per heavy atom. The zero-order chi connectivity index (χ0) is 60.1. The number of ketones is 2. The number of aliphatic hydroxyl groups is 5. The zero-order valence-electron chi connectivity index (χ0n) is 50.1. The van der Waals surface area contributed by atoms with E-state index in [1.54, 1.807) is 76.0 Å². The summed E-state index contributed by atoms with van der Waals surface area (Å²) in [6.45, 7) is 23.1. The number of rotatable bonds is 12. The van der Waals surface area contributed by atoms with Gasteiger partial charge < -0.3 is 44.5 Å². The molecule has 0 saturated carbocycles. The molecule has 5 N–H and O–H groups in total. The molecule has 2 aromatic heterocycles. The van der Waals surface area contributed by atoms with E-state index in [2.05, 4.69) is 19.8 Å². The fourth-order valence-electron chi connectivity index (χ4n) is 11.7. The molecule has 0 amide bonds. The Morgan fingerprint density at radius 2 is 1.09 bits per heavy atom. The molecule has 0 spiro atoms. The lowest BCUT2D eigenvalue weighted by Crippen LogP contribution is -2.45. The van der Waals surface area contributed by atoms with E-state index < -0.39 is 77.4 Å². The van der Waals surface area contributed by atoms with Crippen LogP contribution in [-0.2, 0) is 38.1 Å². The highest BCUT2D eigenvalue weighted by Gasteiger charge is 2.50. The molecular weight excluding hydrogens is 1100 g/mol. The van der Waals surface area contributed by atoms with Crippen LogP contribution in [0.4, 0.5) is 4.79 Å². The number of aryl methyl sites for hydroxylation is 2. The van der Waals surface area contributed by atoms with Gasteiger partial charge in [0.25, 0.3) is 0 Å². The minimum atomic E-state index is -1.27. The van der Waals surface area contributed by atoms with Crippen molar-refractivity contribution in [2.24, 2.45) is 34.5 Å². The highest BCUT2D eigenvalue weighted by Crippen LogP contribution is 2.41. The van der Waals surface area contributed by atoms with Gasteiger partial charge in [-0.15, -0.1) is 22.7 Å². The van der Waals surface area contributed by atoms with Crippen molar-refractivity contribution >= 4 is 76.2 Å². The minimum Gasteiger partial charge on any atom is -0.458 e. The summed E-state index contributed by atoms with van der Waals surface area (Å²) in [6, 6.07) is 0.700. The molecule has 16 atom stereocenters. The highest BCUT2D eigenvalue weighted by molar-refractivity contribution is 7.98. The number of hydrogen-bond acceptors (Lipinski definition) is 21. The number of esters is 2. The van der Waals surface area contributed by atoms with Gasteiger partial charge in [-0.1, -0.05) is 68.2 Å². The number of thiazole rings is 2. The van der Waals surface area contributed by atoms with E-state index in [0.717, 1.165) is 71.1 Å². The summed E-state index contributed by atoms with van der Waals surface area (Å²) in [4.78, 5) is 78.4. The molecule has 6 rings (SSSR count). The molecule has 0 bridgehead atoms. The molecule has 4 saturated heterocycles. The fourth-order valence-corrected chi connectivity index (χ4v) is 13.1. The van der Waals surface area contributed by atoms with Gasteiger partial charge in [0.2, 0.25) is 0 Å². The minimum absolute atomic E-state index is 0.0559. The van der Waals surface area contributed by atoms with Gasteiger partial charge in [0, 0.05) is 78.4 Å². The summed E-state index contributed by atoms with van der Waals surface area (Å²) < 4.78 is 22.3. The predicted molar refractivity (Wildman–Crippen MR) is 317 cm³/mol. The first-order valence-corrected chi connectivity index (χ1v) is 32.1. The molecule has 21 heteroatoms. The lowest BCUT2D eigenvalue weighted by Gasteiger charge is -2.34. The normalized spacial score (nSPS) is 33.9. The van der Waals surface area contributed by atoms with E-state index in [4.69, 9.17) is 18.9 Å². The summed E-state index contributed by atoms with van der Waals surface area (Å²) in [7, 11) is 0. The third kappa shape index (κ3) is 19.2. The van der Waals surface area contributed by atoms with Crippen LogP contribution in [0.2, 0.25) is 0 Å². The molecule has 18 nitrogen and oxygen atoms in total. The third-order valence-corrected chi connectivity index (χ3v) is 19.5. The molecule has 2 aromatic rings. The van der Waals surface area contributed by atoms with Crippen molar-refractivity contribution < 1.29 is 68.5 Å². The number of nitrogens with zero attached hydrogens (tertiary/aromatic N) is 4. The largest absolute Gasteiger partial charge is 0.508 e. The second-order valence-corrected chi connectivity index (χ2v) is 27.3. The number of β-amino-alcohol motifs (C(OH)–C–C–N with tert-alkyl or cyclic N) is 1. The Labute approximate surface area is 492 Å². The van der Waals surface area contributed by atoms with Crippen LogP contribution >= 0.6 is 34.4 Å². The molecule has 0 radical (unpaired) electrons. The molecule has 81 heavy (non-hydrogen) atoms. The predicted octanol–water partition coefficient (Wildman–Crippen LogP) is 8.25. The Bertz CT molecular complexity index is 2460. The van der Waals surface area contributed by atoms with Crippen LogP contribution in [0.15, 0.2) is 21.9 Å². The van der Waals surface area contributed by atoms with Gasteiger partial charge in [0.05, 0.1) is 76.1 Å². The van der Waals surface area contributed by atoms with E-state index >= 15 is 0 Å². The maximum atomic E-state index is 13.4. The highest BCUT2D eigenvalue weighted by atomic mass is 32.2. The van der Waals surface area contributed by atoms with Crippen LogP contribution in [0.1, 0.15) is 155 Å². The molecule has 4 fully saturated rings. The molecule has 4 aliphatic rings. The standard InChI is InChI=1S/C32H50N2O8S2.C28H44N2O6S/c1-19-9-8-10-24-25(34(24)11-12-40-31(39)41-13-14-43-7)16-26(20(2)15-23-18-44-22(4)33-23)42-28(36)17-27(35)32(5,6)30(38)21(3)29(19)37;1-16-8-7-9-21-22(30(21)10-11-31)13-23(17(2)12-20-15-37-19(4)29-20)36-25(33)14-24(32)28(5,6)27(35)18(3)26(16)34/h15,18-19,21,24-27,29,35,37H,8-14,16-17H2,1-7H3;12,15-16,18,21-24,26,31-32,34H,7-11,13-14H2,1-6H3/b20-15+;17-12+/t19-,21+,24+,25-,26-,27-,29-,34?;16?,18?,21-,22+,23?,24?,26+,30?/m01/s1. The van der Waals surface area contributed by atoms with Crippen molar-refractivity contribution in [2.45, 2.75) is 208 Å². The maximum Gasteiger partial charge on any atom is 0.508 e. The van der Waals surface area contributed by atoms with E-state index in [1.165, 1.54) is 0 Å². The summed E-state index contributed by atoms with van der Waals surface area (Å²) in [5.74, 6) is -2.57. The van der Waals surface area contributed by atoms with Crippen molar-refractivity contribution in [1.82, 2.24) is 19.8 Å². The number of carbonyl (C=O) groups is 5. The van der Waals surface area contributed by atoms with E-state index in [0.29, 0.717) is 38.3 Å². The molecule has 4 aliphatic heterocycles. The monoisotopic (exact) mass is 1190 g/mol. The van der Waals surface area contributed by atoms with Crippen LogP contribution < -0.4 is 0 Å². The van der Waals surface area contributed by atoms with Gasteiger partial charge in [-0.3, -0.25) is 29.0 Å². The average molecular weight is 1190 g/mol. The molecule has 6 unspecified atom stereocenters. The number of Topliss-reactive ketones (excluding diaryl/α,β-unsaturated/α-hetero) is 2. The van der Waals surface area contributed by atoms with Crippen LogP contribution in [-0.4, -0.2) is 181 Å². The van der Waals surface area contributed by atoms with Gasteiger partial charge in [-0.05, 0) is 94.8 Å². The lowest BCUT2D eigenvalue weighted by molar-refractivity contribution is -0.156. The molecule has 6 heterocycles. The number of ether oxygens (including phenoxy) is 4. The van der Waals surface area contributed by atoms with Crippen molar-refractivity contribution in [3.05, 3.63) is 43.3 Å². The number of aliphatic hydroxyl groups excluding tert-OH is 5. The average Bonchev–Trinajstić information content (AvgIpc) is 4.24. The molecule has 456 valence electrons. The van der Waals surface area contributed by atoms with Crippen molar-refractivity contribution in [2.75, 3.05) is 44.9 Å². The maximum absolute atomic E-state index is 13.4. The van der Waals surface area contributed by atoms with Gasteiger partial charge in [0.15, 0.2) is 0 Å². The quantitative estimate of drug-likeness (QED) is 0.0580. The number of hydrogen-bond donors (Lipinski definition) is 5. The van der Waals surface area contributed by atoms with Crippen molar-refractivity contribution in [1.29, 1.82) is 0 Å². The van der Waals surface area contributed by atoms with Crippen molar-refractivity contribution in [3.63, 3.8) is 0 Å². The molecular formula is C60H94N4O14S3. The molecule has 0 aliphatic carbocycles. The third-order valence-electron chi connectivity index (χ3n) is 17.3. The first-order valence-electron chi connectivity index (χ1n) is 28.9. The number of fused-ring (bicyclic) bond motifs is 2. The van der Waals surface area contributed by atoms with Crippen molar-refractivity contribution in [3.8, 4) is 0 Å². The number of aromatic nitrogens is 2. The summed E-state index contributed by atoms with van der Waals surface area (Å²) in [5, 5.41) is 59.3. The summed E-state index contributed by atoms with van der Waals surface area (Å²) in [5.41, 5.74) is 0.844. The van der Waals surface area contributed by atoms with E-state index in [9.17, 15) is 49.5 Å². The van der Waals surface area contributed by atoms with Crippen LogP contribution in [0.3, 0.4) is 0 Å². The zero-order valence-corrected chi connectivity index (χ0v) is 52.6. The second-order valence-electron chi connectivity index (χ2n) is 24.2. The summed E-state index contributed by atoms with van der Waals surface area (Å²) >= 11 is 4.68. The Balaban J connectivity index is 0.000000302. The SMILES string of the molecule is C/C(=C\c1csc(C)n1)C1C[C@H]2[C@@H](CCCC(C)[C@H](O)C(C)C(=O)C(C)(C)C(O)CC(=O)O1)N2CCO.CSCCOC(=O)OCCN1[C@@H]2CCC[C@H](C)[C@H](O)[C@@H](C)C(=O)C(C)(C)[C@@H](O)CC(=O)O[C@H](/C(C)=C/c3csc(C)n3)C[C@@H]21. The van der Waals surface area contributed by atoms with Gasteiger partial charge >= 0.3 is 18.1 Å². The van der Waals surface area contributed by atoms with Crippen LogP contribution in [0.5, 0.6) is 0 Å². The number of cyclic esters (lactones) is 2. The second kappa shape index (κ2) is 31.0. The smallest absolute Gasteiger partial charge is 0.458 e. The van der Waals surface area contributed by atoms with Gasteiger partial charge in [-0.2, -0.15) is 11.8 Å². The van der Waals surface area contributed by atoms with Crippen LogP contribution in [0, 0.1) is 48.3 Å². The Kier molecular flexibility index (Phi) is 26.0. The number of carbonyl (C=O) groups excluding carboxylic acids is 5. The first kappa shape index (κ1) is 68.1. The Morgan fingerprint density at radius 1 is 0.679 bits per heavy atom.